The predicted molar refractivity (Wildman–Crippen MR) is 72.6 cm³/mol. The minimum Gasteiger partial charge on any atom is -0.358 e. The molecule has 2 rings (SSSR count). The van der Waals surface area contributed by atoms with Crippen LogP contribution in [0.15, 0.2) is 54.6 Å². The topological polar surface area (TPSA) is 17.1 Å². The first-order valence-corrected chi connectivity index (χ1v) is 5.14. The van der Waals surface area contributed by atoms with Crippen molar-refractivity contribution in [1.29, 1.82) is 0 Å². The third kappa shape index (κ3) is 9.51. The molecule has 0 saturated heterocycles. The molecular weight excluding hydrogens is 665 g/mol. The molecule has 4 heteroatoms. The van der Waals surface area contributed by atoms with Crippen molar-refractivity contribution in [3.8, 4) is 0 Å². The van der Waals surface area contributed by atoms with Gasteiger partial charge in [0, 0.05) is 47.7 Å². The van der Waals surface area contributed by atoms with Crippen LogP contribution >= 0.6 is 0 Å². The minimum absolute atomic E-state index is 0. The van der Waals surface area contributed by atoms with E-state index in [9.17, 15) is 4.79 Å². The summed E-state index contributed by atoms with van der Waals surface area (Å²) < 4.78 is 0. The van der Waals surface area contributed by atoms with Gasteiger partial charge in [-0.1, -0.05) is 35.9 Å². The van der Waals surface area contributed by atoms with Crippen LogP contribution in [0.25, 0.3) is 0 Å². The number of hydrogen-bond donors (Lipinski definition) is 0. The Bertz CT molecular complexity index is 391. The average molecular weight is 682 g/mol. The maximum absolute atomic E-state index is 11.8. The normalized spacial score (nSPS) is 7.10. The maximum atomic E-state index is 11.8. The molecule has 0 heterocycles. The maximum Gasteiger partial charge on any atom is 3.00 e. The number of hydrogen-bond acceptors (Lipinski definition) is 1. The molecule has 0 aliphatic heterocycles. The van der Waals surface area contributed by atoms with E-state index < -0.39 is 0 Å². The Morgan fingerprint density at radius 1 is 0.900 bits per heavy atom. The Kier molecular flexibility index (Phi) is 25.3. The quantitative estimate of drug-likeness (QED) is 0.346. The third-order valence-electron chi connectivity index (χ3n) is 2.02. The van der Waals surface area contributed by atoms with Crippen molar-refractivity contribution in [3.63, 3.8) is 0 Å². The van der Waals surface area contributed by atoms with Crippen LogP contribution in [0.5, 0.6) is 0 Å². The summed E-state index contributed by atoms with van der Waals surface area (Å²) in [4.78, 5) is 11.8. The van der Waals surface area contributed by atoms with E-state index in [1.165, 1.54) is 0 Å². The van der Waals surface area contributed by atoms with Gasteiger partial charge < -0.3 is 14.4 Å². The Morgan fingerprint density at radius 2 is 1.30 bits per heavy atom. The summed E-state index contributed by atoms with van der Waals surface area (Å²) >= 11 is 0. The zero-order chi connectivity index (χ0) is 11.8. The second kappa shape index (κ2) is 17.6. The number of rotatable bonds is 2. The minimum atomic E-state index is 0. The summed E-state index contributed by atoms with van der Waals surface area (Å²) in [5, 5.41) is 0. The van der Waals surface area contributed by atoms with Crippen LogP contribution in [0.1, 0.15) is 22.8 Å². The summed E-state index contributed by atoms with van der Waals surface area (Å²) in [6, 6.07) is 19.2. The fourth-order valence-corrected chi connectivity index (χ4v) is 1.29. The summed E-state index contributed by atoms with van der Waals surface area (Å²) in [7, 11) is 0. The molecule has 20 heavy (non-hydrogen) atoms. The van der Waals surface area contributed by atoms with Gasteiger partial charge in [0.05, 0.1) is 0 Å². The molecule has 0 saturated carbocycles. The Morgan fingerprint density at radius 3 is 1.75 bits per heavy atom. The largest absolute Gasteiger partial charge is 3.00 e. The molecule has 0 radical (unpaired) electrons. The summed E-state index contributed by atoms with van der Waals surface area (Å²) in [5.41, 5.74) is 1.42. The second-order valence-electron chi connectivity index (χ2n) is 2.98. The second-order valence-corrected chi connectivity index (χ2v) is 2.98. The summed E-state index contributed by atoms with van der Waals surface area (Å²) in [6.07, 6.45) is 0. The molecule has 0 atom stereocenters. The number of benzene rings is 2. The predicted octanol–water partition coefficient (Wildman–Crippen LogP) is 4.00. The molecule has 0 aliphatic carbocycles. The van der Waals surface area contributed by atoms with E-state index in [4.69, 9.17) is 0 Å². The standard InChI is InChI=1S/C13H9O.C2H5.CH3.2W.Y/c14-13(11-7-3-1-4-8-11)12-9-5-2-6-10-12;1-2;;;;/h1,3-10H;1H2,2H3;1H3;;;/q3*-1;;;+3. The number of ketones is 1. The van der Waals surface area contributed by atoms with Crippen molar-refractivity contribution >= 4 is 5.78 Å². The zero-order valence-electron chi connectivity index (χ0n) is 11.7. The molecule has 0 fully saturated rings. The van der Waals surface area contributed by atoms with Crippen LogP contribution in [-0.4, -0.2) is 5.78 Å². The molecule has 2 aromatic rings. The van der Waals surface area contributed by atoms with Gasteiger partial charge in [-0.3, -0.25) is 4.79 Å². The van der Waals surface area contributed by atoms with E-state index in [1.54, 1.807) is 31.2 Å². The molecule has 0 N–H and O–H groups in total. The first-order valence-electron chi connectivity index (χ1n) is 5.14. The van der Waals surface area contributed by atoms with Gasteiger partial charge >= 0.3 is 32.7 Å². The van der Waals surface area contributed by atoms with Crippen molar-refractivity contribution < 1.29 is 79.6 Å². The fraction of sp³-hybridized carbons (Fsp3) is 0.0625. The average Bonchev–Trinajstić information content (AvgIpc) is 2.42. The van der Waals surface area contributed by atoms with Crippen molar-refractivity contribution in [3.05, 3.63) is 86.1 Å². The Labute approximate surface area is 176 Å². The van der Waals surface area contributed by atoms with Crippen LogP contribution in [0, 0.1) is 20.4 Å². The van der Waals surface area contributed by atoms with Crippen LogP contribution < -0.4 is 0 Å². The molecule has 0 amide bonds. The van der Waals surface area contributed by atoms with Gasteiger partial charge in [0.15, 0.2) is 5.78 Å². The monoisotopic (exact) mass is 682 g/mol. The van der Waals surface area contributed by atoms with Crippen molar-refractivity contribution in [2.24, 2.45) is 0 Å². The molecule has 0 unspecified atom stereocenters. The summed E-state index contributed by atoms with van der Waals surface area (Å²) in [5.74, 6) is 0.0552. The van der Waals surface area contributed by atoms with Crippen LogP contribution in [-0.2, 0) is 74.8 Å². The van der Waals surface area contributed by atoms with Gasteiger partial charge in [0.1, 0.15) is 0 Å². The van der Waals surface area contributed by atoms with E-state index >= 15 is 0 Å². The number of carbonyl (C=O) groups excluding carboxylic acids is 1. The van der Waals surface area contributed by atoms with E-state index in [2.05, 4.69) is 13.0 Å². The van der Waals surface area contributed by atoms with Gasteiger partial charge in [-0.25, -0.2) is 0 Å². The van der Waals surface area contributed by atoms with E-state index in [1.807, 2.05) is 30.3 Å². The van der Waals surface area contributed by atoms with Crippen LogP contribution in [0.3, 0.4) is 0 Å². The van der Waals surface area contributed by atoms with Gasteiger partial charge in [-0.2, -0.15) is 37.3 Å². The van der Waals surface area contributed by atoms with Gasteiger partial charge in [0.2, 0.25) is 0 Å². The first kappa shape index (κ1) is 28.7. The zero-order valence-corrected chi connectivity index (χ0v) is 20.4. The smallest absolute Gasteiger partial charge is 0.358 e. The molecule has 0 spiro atoms. The molecule has 2 aromatic carbocycles. The van der Waals surface area contributed by atoms with Crippen molar-refractivity contribution in [1.82, 2.24) is 0 Å². The van der Waals surface area contributed by atoms with Gasteiger partial charge in [-0.15, -0.1) is 0 Å². The fourth-order valence-electron chi connectivity index (χ4n) is 1.29. The molecule has 0 aromatic heterocycles. The molecule has 0 aliphatic rings. The van der Waals surface area contributed by atoms with E-state index in [-0.39, 0.29) is 88.0 Å². The molecule has 102 valence electrons. The Hall–Kier alpha value is 0.591. The van der Waals surface area contributed by atoms with E-state index in [0.717, 1.165) is 5.56 Å². The molecule has 0 bridgehead atoms. The Balaban J connectivity index is -0.000000204. The SMILES string of the molecule is O=C(c1cc[c-]cc1)c1ccccc1.[CH2-]C.[CH3-].[W].[W].[Y+3]. The van der Waals surface area contributed by atoms with E-state index in [0.29, 0.717) is 5.56 Å². The number of carbonyl (C=O) groups is 1. The van der Waals surface area contributed by atoms with Gasteiger partial charge in [0.25, 0.3) is 0 Å². The van der Waals surface area contributed by atoms with Crippen molar-refractivity contribution in [2.45, 2.75) is 6.92 Å². The summed E-state index contributed by atoms with van der Waals surface area (Å²) in [6.45, 7) is 5.00. The van der Waals surface area contributed by atoms with Crippen LogP contribution in [0.4, 0.5) is 0 Å². The third-order valence-corrected chi connectivity index (χ3v) is 2.02. The van der Waals surface area contributed by atoms with Crippen LogP contribution in [0.2, 0.25) is 0 Å². The molecule has 1 nitrogen and oxygen atoms in total. The van der Waals surface area contributed by atoms with Crippen molar-refractivity contribution in [2.75, 3.05) is 0 Å². The molecular formula is C16H17OW2Y. The first-order chi connectivity index (χ1) is 7.88. The van der Waals surface area contributed by atoms with Gasteiger partial charge in [-0.05, 0) is 0 Å².